The molecule has 0 spiro atoms. The van der Waals surface area contributed by atoms with Crippen LogP contribution in [0, 0.1) is 0 Å². The molecule has 2 heterocycles. The molecule has 228 valence electrons. The lowest BCUT2D eigenvalue weighted by atomic mass is 9.99. The van der Waals surface area contributed by atoms with Crippen LogP contribution in [-0.4, -0.2) is 55.1 Å². The first-order chi connectivity index (χ1) is 21.9. The van der Waals surface area contributed by atoms with Crippen LogP contribution in [0.2, 0.25) is 5.02 Å². The Kier molecular flexibility index (Phi) is 10.7. The molecule has 10 nitrogen and oxygen atoms in total. The van der Waals surface area contributed by atoms with E-state index in [1.807, 2.05) is 60.7 Å². The summed E-state index contributed by atoms with van der Waals surface area (Å²) in [5, 5.41) is 24.9. The van der Waals surface area contributed by atoms with Gasteiger partial charge in [-0.25, -0.2) is 0 Å². The van der Waals surface area contributed by atoms with Gasteiger partial charge >= 0.3 is 5.97 Å². The molecular formula is C33H30ClN7O3S. The molecule has 0 unspecified atom stereocenters. The monoisotopic (exact) mass is 639 g/mol. The van der Waals surface area contributed by atoms with Crippen molar-refractivity contribution in [2.75, 3.05) is 12.9 Å². The van der Waals surface area contributed by atoms with Crippen molar-refractivity contribution in [1.82, 2.24) is 35.7 Å². The zero-order valence-electron chi connectivity index (χ0n) is 24.6. The number of esters is 1. The van der Waals surface area contributed by atoms with Crippen LogP contribution in [0.5, 0.6) is 0 Å². The van der Waals surface area contributed by atoms with Gasteiger partial charge in [0, 0.05) is 22.2 Å². The minimum atomic E-state index is -0.478. The van der Waals surface area contributed by atoms with E-state index in [-0.39, 0.29) is 18.3 Å². The zero-order valence-corrected chi connectivity index (χ0v) is 26.2. The third-order valence-corrected chi connectivity index (χ3v) is 7.96. The van der Waals surface area contributed by atoms with E-state index in [9.17, 15) is 9.59 Å². The van der Waals surface area contributed by atoms with Gasteiger partial charge in [-0.05, 0) is 69.6 Å². The van der Waals surface area contributed by atoms with E-state index in [0.717, 1.165) is 33.0 Å². The van der Waals surface area contributed by atoms with Gasteiger partial charge in [0.1, 0.15) is 11.4 Å². The van der Waals surface area contributed by atoms with E-state index >= 15 is 0 Å². The highest BCUT2D eigenvalue weighted by Gasteiger charge is 2.20. The van der Waals surface area contributed by atoms with Gasteiger partial charge in [0.25, 0.3) is 0 Å². The van der Waals surface area contributed by atoms with Crippen molar-refractivity contribution in [2.45, 2.75) is 30.8 Å². The third-order valence-electron chi connectivity index (χ3n) is 6.86. The molecule has 5 rings (SSSR count). The number of hydrogen-bond acceptors (Lipinski definition) is 9. The predicted molar refractivity (Wildman–Crippen MR) is 174 cm³/mol. The second-order valence-corrected chi connectivity index (χ2v) is 11.6. The van der Waals surface area contributed by atoms with Crippen molar-refractivity contribution in [1.29, 1.82) is 0 Å². The maximum Gasteiger partial charge on any atom is 0.309 e. The van der Waals surface area contributed by atoms with E-state index in [1.54, 1.807) is 36.0 Å². The first kappa shape index (κ1) is 31.6. The van der Waals surface area contributed by atoms with Gasteiger partial charge in [0.2, 0.25) is 5.91 Å². The van der Waals surface area contributed by atoms with Crippen molar-refractivity contribution in [3.8, 4) is 16.8 Å². The lowest BCUT2D eigenvalue weighted by molar-refractivity contribution is -0.139. The summed E-state index contributed by atoms with van der Waals surface area (Å²) in [4.78, 5) is 25.1. The van der Waals surface area contributed by atoms with E-state index in [0.29, 0.717) is 28.4 Å². The summed E-state index contributed by atoms with van der Waals surface area (Å²) in [6, 6.07) is 24.4. The predicted octanol–water partition coefficient (Wildman–Crippen LogP) is 5.71. The van der Waals surface area contributed by atoms with Gasteiger partial charge in [-0.1, -0.05) is 73.1 Å². The first-order valence-electron chi connectivity index (χ1n) is 14.2. The van der Waals surface area contributed by atoms with Gasteiger partial charge in [0.05, 0.1) is 31.0 Å². The Balaban J connectivity index is 1.45. The number of rotatable bonds is 12. The molecule has 2 aromatic heterocycles. The highest BCUT2D eigenvalue weighted by molar-refractivity contribution is 7.99. The average Bonchev–Trinajstić information content (AvgIpc) is 3.60. The summed E-state index contributed by atoms with van der Waals surface area (Å²) in [7, 11) is 1.38. The molecule has 1 N–H and O–H groups in total. The number of nitrogens with one attached hydrogen (secondary N) is 1. The lowest BCUT2D eigenvalue weighted by Crippen LogP contribution is -2.29. The summed E-state index contributed by atoms with van der Waals surface area (Å²) in [5.74, 6) is 0.196. The second-order valence-electron chi connectivity index (χ2n) is 9.91. The molecule has 0 aliphatic heterocycles. The highest BCUT2D eigenvalue weighted by Crippen LogP contribution is 2.32. The van der Waals surface area contributed by atoms with E-state index in [4.69, 9.17) is 16.3 Å². The summed E-state index contributed by atoms with van der Waals surface area (Å²) >= 11 is 7.84. The van der Waals surface area contributed by atoms with Crippen LogP contribution in [-0.2, 0) is 27.2 Å². The fourth-order valence-electron chi connectivity index (χ4n) is 4.66. The third kappa shape index (κ3) is 8.40. The van der Waals surface area contributed by atoms with Crippen LogP contribution >= 0.6 is 23.4 Å². The largest absolute Gasteiger partial charge is 0.469 e. The molecule has 0 radical (unpaired) electrons. The Morgan fingerprint density at radius 2 is 1.82 bits per heavy atom. The van der Waals surface area contributed by atoms with Crippen molar-refractivity contribution in [3.63, 3.8) is 0 Å². The topological polar surface area (TPSA) is 125 Å². The van der Waals surface area contributed by atoms with E-state index < -0.39 is 6.04 Å². The van der Waals surface area contributed by atoms with Gasteiger partial charge in [0.15, 0.2) is 0 Å². The molecule has 3 aromatic carbocycles. The van der Waals surface area contributed by atoms with Crippen LogP contribution < -0.4 is 5.32 Å². The van der Waals surface area contributed by atoms with Crippen LogP contribution in [0.1, 0.15) is 35.3 Å². The molecular weight excluding hydrogens is 610 g/mol. The minimum absolute atomic E-state index is 0.193. The smallest absolute Gasteiger partial charge is 0.309 e. The zero-order chi connectivity index (χ0) is 31.6. The van der Waals surface area contributed by atoms with Crippen molar-refractivity contribution in [2.24, 2.45) is 0 Å². The molecule has 12 heteroatoms. The number of carbonyl (C=O) groups is 2. The normalized spacial score (nSPS) is 11.8. The van der Waals surface area contributed by atoms with Crippen molar-refractivity contribution < 1.29 is 14.3 Å². The number of ether oxygens (including phenoxy) is 1. The molecule has 0 saturated carbocycles. The summed E-state index contributed by atoms with van der Waals surface area (Å²) < 4.78 is 6.30. The Morgan fingerprint density at radius 3 is 2.53 bits per heavy atom. The maximum absolute atomic E-state index is 13.4. The Hall–Kier alpha value is -4.87. The van der Waals surface area contributed by atoms with E-state index in [2.05, 4.69) is 38.0 Å². The summed E-state index contributed by atoms with van der Waals surface area (Å²) in [6.07, 6.45) is 5.29. The Labute approximate surface area is 269 Å². The van der Waals surface area contributed by atoms with Crippen molar-refractivity contribution in [3.05, 3.63) is 119 Å². The minimum Gasteiger partial charge on any atom is -0.469 e. The van der Waals surface area contributed by atoms with E-state index in [1.165, 1.54) is 24.2 Å². The molecule has 0 bridgehead atoms. The number of tetrazole rings is 1. The van der Waals surface area contributed by atoms with Crippen LogP contribution in [0.15, 0.2) is 96.3 Å². The highest BCUT2D eigenvalue weighted by atomic mass is 35.5. The molecule has 0 fully saturated rings. The fraction of sp³-hybridized carbons (Fsp3) is 0.182. The number of aromatic nitrogens is 6. The standard InChI is InChI=1S/C33H30ClN7O3S/c1-3-45-33-27(24-11-9-23(10-12-24)18-32(43)44-2)20-29(37-38-33)28(17-22-7-5-4-6-8-22)36-31(42)16-13-25-19-26(34)14-15-30(25)41-21-35-39-40-41/h4-16,19-21,28H,3,17-18H2,1-2H3,(H,36,42)/b16-13+/t28-/m0/s1. The number of carbonyl (C=O) groups excluding carboxylic acids is 2. The fourth-order valence-corrected chi connectivity index (χ4v) is 5.55. The second kappa shape index (κ2) is 15.2. The van der Waals surface area contributed by atoms with Gasteiger partial charge < -0.3 is 10.1 Å². The van der Waals surface area contributed by atoms with Crippen molar-refractivity contribution >= 4 is 41.3 Å². The van der Waals surface area contributed by atoms with Crippen LogP contribution in [0.25, 0.3) is 22.9 Å². The molecule has 1 amide bonds. The first-order valence-corrected chi connectivity index (χ1v) is 15.5. The maximum atomic E-state index is 13.4. The van der Waals surface area contributed by atoms with Gasteiger partial charge in [-0.3, -0.25) is 9.59 Å². The Morgan fingerprint density at radius 1 is 1.02 bits per heavy atom. The SMILES string of the molecule is CCSc1nnc([C@H](Cc2ccccc2)NC(=O)/C=C/c2cc(Cl)ccc2-n2cnnn2)cc1-c1ccc(CC(=O)OC)cc1. The number of benzene rings is 3. The average molecular weight is 640 g/mol. The molecule has 0 aliphatic rings. The molecule has 0 saturated heterocycles. The molecule has 1 atom stereocenters. The van der Waals surface area contributed by atoms with Crippen LogP contribution in [0.3, 0.4) is 0 Å². The summed E-state index contributed by atoms with van der Waals surface area (Å²) in [6.45, 7) is 2.05. The number of halogens is 1. The number of methoxy groups -OCH3 is 1. The summed E-state index contributed by atoms with van der Waals surface area (Å²) in [5.41, 5.74) is 5.66. The van der Waals surface area contributed by atoms with Gasteiger partial charge in [-0.15, -0.1) is 22.0 Å². The number of amides is 1. The number of thioether (sulfide) groups is 1. The Bertz CT molecular complexity index is 1780. The molecule has 5 aromatic rings. The molecule has 0 aliphatic carbocycles. The van der Waals surface area contributed by atoms with Gasteiger partial charge in [-0.2, -0.15) is 9.78 Å². The molecule has 45 heavy (non-hydrogen) atoms. The lowest BCUT2D eigenvalue weighted by Gasteiger charge is -2.19. The quantitative estimate of drug-likeness (QED) is 0.104. The van der Waals surface area contributed by atoms with Crippen LogP contribution in [0.4, 0.5) is 0 Å². The number of nitrogens with zero attached hydrogens (tertiary/aromatic N) is 6. The number of hydrogen-bond donors (Lipinski definition) is 1.